The van der Waals surface area contributed by atoms with Crippen molar-refractivity contribution in [2.24, 2.45) is 5.92 Å². The molecule has 1 aromatic rings. The molecule has 0 bridgehead atoms. The van der Waals surface area contributed by atoms with E-state index in [0.717, 1.165) is 17.0 Å². The second-order valence-corrected chi connectivity index (χ2v) is 5.51. The van der Waals surface area contributed by atoms with Crippen LogP contribution in [0.1, 0.15) is 30.1 Å². The second-order valence-electron chi connectivity index (χ2n) is 5.51. The zero-order chi connectivity index (χ0) is 17.2. The van der Waals surface area contributed by atoms with Gasteiger partial charge in [-0.1, -0.05) is 0 Å². The van der Waals surface area contributed by atoms with Gasteiger partial charge >= 0.3 is 6.18 Å². The van der Waals surface area contributed by atoms with Gasteiger partial charge in [0.1, 0.15) is 5.82 Å². The van der Waals surface area contributed by atoms with Gasteiger partial charge in [-0.15, -0.1) is 0 Å². The number of likely N-dealkylation sites (tertiary alicyclic amines) is 1. The Morgan fingerprint density at radius 3 is 2.61 bits per heavy atom. The van der Waals surface area contributed by atoms with Gasteiger partial charge in [0, 0.05) is 25.7 Å². The van der Waals surface area contributed by atoms with Crippen LogP contribution in [0.2, 0.25) is 0 Å². The lowest BCUT2D eigenvalue weighted by Gasteiger charge is -2.33. The highest BCUT2D eigenvalue weighted by molar-refractivity contribution is 5.97. The summed E-state index contributed by atoms with van der Waals surface area (Å²) in [5.41, 5.74) is -0.134. The summed E-state index contributed by atoms with van der Waals surface area (Å²) in [7, 11) is 0. The lowest BCUT2D eigenvalue weighted by Crippen LogP contribution is -2.44. The molecule has 1 aromatic carbocycles. The average molecular weight is 332 g/mol. The predicted molar refractivity (Wildman–Crippen MR) is 75.4 cm³/mol. The Morgan fingerprint density at radius 1 is 1.30 bits per heavy atom. The average Bonchev–Trinajstić information content (AvgIpc) is 2.47. The molecule has 0 radical (unpaired) electrons. The van der Waals surface area contributed by atoms with Crippen molar-refractivity contribution in [3.63, 3.8) is 0 Å². The van der Waals surface area contributed by atoms with E-state index in [1.165, 1.54) is 13.0 Å². The monoisotopic (exact) mass is 332 g/mol. The first-order valence-corrected chi connectivity index (χ1v) is 7.11. The summed E-state index contributed by atoms with van der Waals surface area (Å²) in [6.45, 7) is 0.921. The molecule has 0 spiro atoms. The van der Waals surface area contributed by atoms with E-state index in [4.69, 9.17) is 0 Å². The summed E-state index contributed by atoms with van der Waals surface area (Å²) in [4.78, 5) is 24.4. The maximum absolute atomic E-state index is 13.9. The molecule has 1 fully saturated rings. The second kappa shape index (κ2) is 6.55. The van der Waals surface area contributed by atoms with Crippen LogP contribution >= 0.6 is 0 Å². The molecule has 4 nitrogen and oxygen atoms in total. The smallest absolute Gasteiger partial charge is 0.338 e. The molecule has 23 heavy (non-hydrogen) atoms. The van der Waals surface area contributed by atoms with Gasteiger partial charge in [-0.25, -0.2) is 4.39 Å². The number of alkyl halides is 3. The number of benzene rings is 1. The third-order valence-corrected chi connectivity index (χ3v) is 3.69. The number of carbonyl (C=O) groups excluding carboxylic acids is 2. The summed E-state index contributed by atoms with van der Waals surface area (Å²) in [5.74, 6) is -3.63. The van der Waals surface area contributed by atoms with E-state index in [-0.39, 0.29) is 30.6 Å². The van der Waals surface area contributed by atoms with Crippen LogP contribution in [0, 0.1) is 11.7 Å². The van der Waals surface area contributed by atoms with Gasteiger partial charge in [-0.05, 0) is 31.0 Å². The van der Waals surface area contributed by atoms with E-state index < -0.39 is 36.3 Å². The van der Waals surface area contributed by atoms with E-state index in [1.807, 2.05) is 0 Å². The van der Waals surface area contributed by atoms with E-state index >= 15 is 0 Å². The first-order chi connectivity index (χ1) is 10.7. The first-order valence-electron chi connectivity index (χ1n) is 7.11. The van der Waals surface area contributed by atoms with Crippen molar-refractivity contribution >= 4 is 17.5 Å². The molecule has 0 saturated carbocycles. The van der Waals surface area contributed by atoms with E-state index in [2.05, 4.69) is 5.32 Å². The minimum Gasteiger partial charge on any atom is -0.338 e. The van der Waals surface area contributed by atoms with Gasteiger partial charge in [-0.3, -0.25) is 9.59 Å². The highest BCUT2D eigenvalue weighted by Gasteiger charge is 2.43. The Balaban J connectivity index is 2.21. The van der Waals surface area contributed by atoms with E-state index in [1.54, 1.807) is 0 Å². The minimum atomic E-state index is -4.38. The lowest BCUT2D eigenvalue weighted by atomic mass is 9.97. The summed E-state index contributed by atoms with van der Waals surface area (Å²) in [6.07, 6.45) is -4.21. The number of hydrogen-bond donors (Lipinski definition) is 1. The minimum absolute atomic E-state index is 0.0400. The third-order valence-electron chi connectivity index (χ3n) is 3.69. The highest BCUT2D eigenvalue weighted by Crippen LogP contribution is 2.33. The van der Waals surface area contributed by atoms with Crippen LogP contribution in [0.5, 0.6) is 0 Å². The highest BCUT2D eigenvalue weighted by atomic mass is 19.4. The Bertz CT molecular complexity index is 616. The number of piperidine rings is 1. The van der Waals surface area contributed by atoms with Crippen LogP contribution in [0.25, 0.3) is 0 Å². The fourth-order valence-electron chi connectivity index (χ4n) is 2.57. The summed E-state index contributed by atoms with van der Waals surface area (Å²) in [5, 5.41) is 2.41. The van der Waals surface area contributed by atoms with Crippen LogP contribution in [-0.2, 0) is 4.79 Å². The largest absolute Gasteiger partial charge is 0.393 e. The van der Waals surface area contributed by atoms with Crippen LogP contribution in [-0.4, -0.2) is 36.0 Å². The molecular formula is C15H16F4N2O2. The molecule has 8 heteroatoms. The molecule has 126 valence electrons. The molecule has 1 aliphatic rings. The number of hydrogen-bond acceptors (Lipinski definition) is 2. The molecule has 2 rings (SSSR count). The molecular weight excluding hydrogens is 316 g/mol. The molecule has 1 atom stereocenters. The van der Waals surface area contributed by atoms with Gasteiger partial charge in [0.25, 0.3) is 5.91 Å². The maximum Gasteiger partial charge on any atom is 0.393 e. The first kappa shape index (κ1) is 17.2. The van der Waals surface area contributed by atoms with Crippen LogP contribution in [0.4, 0.5) is 23.2 Å². The summed E-state index contributed by atoms with van der Waals surface area (Å²) in [6, 6.07) is 3.42. The fraction of sp³-hybridized carbons (Fsp3) is 0.467. The Hall–Kier alpha value is -2.12. The molecule has 1 heterocycles. The SMILES string of the molecule is CC(=O)Nc1ccc(F)c(C(=O)N2CCC[C@@H](C(F)(F)F)C2)c1. The topological polar surface area (TPSA) is 49.4 Å². The maximum atomic E-state index is 13.9. The zero-order valence-corrected chi connectivity index (χ0v) is 12.4. The van der Waals surface area contributed by atoms with Gasteiger partial charge in [0.2, 0.25) is 5.91 Å². The summed E-state index contributed by atoms with van der Waals surface area (Å²) >= 11 is 0. The van der Waals surface area contributed by atoms with Crippen LogP contribution in [0.15, 0.2) is 18.2 Å². The number of nitrogens with zero attached hydrogens (tertiary/aromatic N) is 1. The van der Waals surface area contributed by atoms with Crippen LogP contribution < -0.4 is 5.32 Å². The van der Waals surface area contributed by atoms with E-state index in [0.29, 0.717) is 0 Å². The van der Waals surface area contributed by atoms with Crippen molar-refractivity contribution in [2.45, 2.75) is 25.9 Å². The number of amides is 2. The quantitative estimate of drug-likeness (QED) is 0.846. The van der Waals surface area contributed by atoms with Crippen molar-refractivity contribution in [1.82, 2.24) is 4.90 Å². The van der Waals surface area contributed by atoms with Gasteiger partial charge in [0.05, 0.1) is 11.5 Å². The van der Waals surface area contributed by atoms with Gasteiger partial charge in [-0.2, -0.15) is 13.2 Å². The van der Waals surface area contributed by atoms with Gasteiger partial charge < -0.3 is 10.2 Å². The number of carbonyl (C=O) groups is 2. The molecule has 2 amide bonds. The molecule has 0 unspecified atom stereocenters. The molecule has 0 aliphatic carbocycles. The Labute approximate surface area is 130 Å². The van der Waals surface area contributed by atoms with E-state index in [9.17, 15) is 27.2 Å². The number of nitrogens with one attached hydrogen (secondary N) is 1. The Kier molecular flexibility index (Phi) is 4.91. The molecule has 1 aliphatic heterocycles. The normalized spacial score (nSPS) is 18.7. The molecule has 1 saturated heterocycles. The number of rotatable bonds is 2. The lowest BCUT2D eigenvalue weighted by molar-refractivity contribution is -0.184. The third kappa shape index (κ3) is 4.20. The van der Waals surface area contributed by atoms with Crippen molar-refractivity contribution in [1.29, 1.82) is 0 Å². The zero-order valence-electron chi connectivity index (χ0n) is 12.4. The predicted octanol–water partition coefficient (Wildman–Crippen LogP) is 3.20. The standard InChI is InChI=1S/C15H16F4N2O2/c1-9(22)20-11-4-5-13(16)12(7-11)14(23)21-6-2-3-10(8-21)15(17,18)19/h4-5,7,10H,2-3,6,8H2,1H3,(H,20,22)/t10-/m1/s1. The molecule has 1 N–H and O–H groups in total. The van der Waals surface area contributed by atoms with Crippen molar-refractivity contribution < 1.29 is 27.2 Å². The number of anilines is 1. The molecule has 0 aromatic heterocycles. The van der Waals surface area contributed by atoms with Crippen molar-refractivity contribution in [3.8, 4) is 0 Å². The van der Waals surface area contributed by atoms with Crippen LogP contribution in [0.3, 0.4) is 0 Å². The Morgan fingerprint density at radius 2 is 2.00 bits per heavy atom. The van der Waals surface area contributed by atoms with Crippen molar-refractivity contribution in [2.75, 3.05) is 18.4 Å². The van der Waals surface area contributed by atoms with Gasteiger partial charge in [0.15, 0.2) is 0 Å². The summed E-state index contributed by atoms with van der Waals surface area (Å²) < 4.78 is 52.3. The number of halogens is 4. The fourth-order valence-corrected chi connectivity index (χ4v) is 2.57. The van der Waals surface area contributed by atoms with Crippen molar-refractivity contribution in [3.05, 3.63) is 29.6 Å².